The van der Waals surface area contributed by atoms with E-state index in [4.69, 9.17) is 0 Å². The lowest BCUT2D eigenvalue weighted by Crippen LogP contribution is -2.25. The minimum absolute atomic E-state index is 0.949. The number of rotatable bonds is 2. The van der Waals surface area contributed by atoms with Crippen molar-refractivity contribution in [1.29, 1.82) is 0 Å². The molecule has 0 aromatic carbocycles. The number of hydrogen-bond donors (Lipinski definition) is 0. The van der Waals surface area contributed by atoms with Gasteiger partial charge in [0.05, 0.1) is 5.35 Å². The van der Waals surface area contributed by atoms with Gasteiger partial charge in [0.2, 0.25) is 0 Å². The van der Waals surface area contributed by atoms with E-state index < -0.39 is 0 Å². The molecule has 1 aromatic rings. The number of aromatic nitrogens is 1. The quantitative estimate of drug-likeness (QED) is 0.703. The molecule has 0 aliphatic rings. The van der Waals surface area contributed by atoms with E-state index >= 15 is 0 Å². The van der Waals surface area contributed by atoms with Gasteiger partial charge in [-0.3, -0.25) is 4.98 Å². The highest BCUT2D eigenvalue weighted by Crippen LogP contribution is 2.11. The van der Waals surface area contributed by atoms with Crippen molar-refractivity contribution in [3.63, 3.8) is 0 Å². The standard InChI is InChI=1S/C11H13NS/c1-4-10(13-3)8-11-9(2)6-5-7-12-11/h4-8H,2H2,1,3H3/b10-4+,11-8+. The molecule has 0 N–H and O–H groups in total. The molecule has 1 nitrogen and oxygen atoms in total. The summed E-state index contributed by atoms with van der Waals surface area (Å²) in [6.45, 7) is 5.93. The number of hydrogen-bond acceptors (Lipinski definition) is 2. The molecule has 0 saturated carbocycles. The predicted octanol–water partition coefficient (Wildman–Crippen LogP) is 1.54. The van der Waals surface area contributed by atoms with Crippen LogP contribution in [0.1, 0.15) is 6.92 Å². The average Bonchev–Trinajstić information content (AvgIpc) is 2.17. The van der Waals surface area contributed by atoms with Crippen LogP contribution in [0.4, 0.5) is 0 Å². The van der Waals surface area contributed by atoms with E-state index in [1.165, 1.54) is 4.91 Å². The van der Waals surface area contributed by atoms with Gasteiger partial charge in [-0.2, -0.15) is 0 Å². The SMILES string of the molecule is C=c1cccn/c1=C/C(=C\C)SC. The highest BCUT2D eigenvalue weighted by molar-refractivity contribution is 8.02. The Labute approximate surface area is 82.9 Å². The molecular formula is C11H13NS. The zero-order valence-electron chi connectivity index (χ0n) is 7.95. The molecule has 2 heteroatoms. The van der Waals surface area contributed by atoms with Crippen molar-refractivity contribution in [3.05, 3.63) is 39.9 Å². The first-order chi connectivity index (χ1) is 6.27. The van der Waals surface area contributed by atoms with Gasteiger partial charge < -0.3 is 0 Å². The molecule has 1 heterocycles. The zero-order valence-corrected chi connectivity index (χ0v) is 8.77. The monoisotopic (exact) mass is 191 g/mol. The number of nitrogens with zero attached hydrogens (tertiary/aromatic N) is 1. The van der Waals surface area contributed by atoms with Crippen molar-refractivity contribution in [2.75, 3.05) is 6.26 Å². The first-order valence-electron chi connectivity index (χ1n) is 4.10. The van der Waals surface area contributed by atoms with Crippen LogP contribution in [0.3, 0.4) is 0 Å². The third-order valence-electron chi connectivity index (χ3n) is 1.73. The maximum absolute atomic E-state index is 4.24. The van der Waals surface area contributed by atoms with Crippen molar-refractivity contribution in [2.45, 2.75) is 6.92 Å². The molecule has 1 rings (SSSR count). The van der Waals surface area contributed by atoms with Gasteiger partial charge in [0, 0.05) is 11.1 Å². The van der Waals surface area contributed by atoms with Crippen molar-refractivity contribution < 1.29 is 0 Å². The van der Waals surface area contributed by atoms with Crippen molar-refractivity contribution in [1.82, 2.24) is 4.98 Å². The molecule has 0 bridgehead atoms. The van der Waals surface area contributed by atoms with Gasteiger partial charge in [-0.1, -0.05) is 18.7 Å². The van der Waals surface area contributed by atoms with E-state index in [-0.39, 0.29) is 0 Å². The van der Waals surface area contributed by atoms with Crippen LogP contribution in [0.15, 0.2) is 29.3 Å². The van der Waals surface area contributed by atoms with Crippen LogP contribution in [-0.2, 0) is 0 Å². The van der Waals surface area contributed by atoms with Gasteiger partial charge in [-0.05, 0) is 30.5 Å². The largest absolute Gasteiger partial charge is 0.256 e. The fourth-order valence-electron chi connectivity index (χ4n) is 0.976. The molecule has 68 valence electrons. The lowest BCUT2D eigenvalue weighted by Gasteiger charge is -1.93. The molecular weight excluding hydrogens is 178 g/mol. The Bertz CT molecular complexity index is 406. The summed E-state index contributed by atoms with van der Waals surface area (Å²) in [5.74, 6) is 0. The summed E-state index contributed by atoms with van der Waals surface area (Å²) in [4.78, 5) is 5.45. The average molecular weight is 191 g/mol. The summed E-state index contributed by atoms with van der Waals surface area (Å²) in [5, 5.41) is 1.92. The molecule has 0 radical (unpaired) electrons. The van der Waals surface area contributed by atoms with Gasteiger partial charge in [-0.25, -0.2) is 0 Å². The first-order valence-corrected chi connectivity index (χ1v) is 5.32. The third kappa shape index (κ3) is 2.74. The van der Waals surface area contributed by atoms with Gasteiger partial charge in [0.25, 0.3) is 0 Å². The Kier molecular flexibility index (Phi) is 3.77. The minimum Gasteiger partial charge on any atom is -0.256 e. The van der Waals surface area contributed by atoms with E-state index in [0.717, 1.165) is 10.6 Å². The highest BCUT2D eigenvalue weighted by atomic mass is 32.2. The van der Waals surface area contributed by atoms with Crippen LogP contribution in [0.5, 0.6) is 0 Å². The fourth-order valence-corrected chi connectivity index (χ4v) is 1.44. The summed E-state index contributed by atoms with van der Waals surface area (Å²) >= 11 is 1.71. The molecule has 0 atom stereocenters. The normalized spacial score (nSPS) is 13.4. The van der Waals surface area contributed by atoms with E-state index in [2.05, 4.69) is 23.9 Å². The zero-order chi connectivity index (χ0) is 9.68. The second-order valence-corrected chi connectivity index (χ2v) is 3.47. The highest BCUT2D eigenvalue weighted by Gasteiger charge is 1.87. The summed E-state index contributed by atoms with van der Waals surface area (Å²) in [6.07, 6.45) is 7.96. The van der Waals surface area contributed by atoms with Crippen LogP contribution < -0.4 is 10.6 Å². The number of thioether (sulfide) groups is 1. The third-order valence-corrected chi connectivity index (χ3v) is 2.55. The molecule has 0 fully saturated rings. The van der Waals surface area contributed by atoms with Crippen LogP contribution in [0.2, 0.25) is 0 Å². The van der Waals surface area contributed by atoms with Gasteiger partial charge >= 0.3 is 0 Å². The summed E-state index contributed by atoms with van der Waals surface area (Å²) in [6, 6.07) is 3.86. The number of allylic oxidation sites excluding steroid dienone is 2. The van der Waals surface area contributed by atoms with E-state index in [0.29, 0.717) is 0 Å². The van der Waals surface area contributed by atoms with Gasteiger partial charge in [-0.15, -0.1) is 11.8 Å². The minimum atomic E-state index is 0.949. The van der Waals surface area contributed by atoms with Gasteiger partial charge in [0.15, 0.2) is 0 Å². The Morgan fingerprint density at radius 2 is 2.38 bits per heavy atom. The van der Waals surface area contributed by atoms with Crippen molar-refractivity contribution in [3.8, 4) is 0 Å². The lowest BCUT2D eigenvalue weighted by molar-refractivity contribution is 1.22. The topological polar surface area (TPSA) is 12.9 Å². The molecule has 0 saturated heterocycles. The van der Waals surface area contributed by atoms with Crippen LogP contribution in [0, 0.1) is 0 Å². The molecule has 1 aromatic heterocycles. The van der Waals surface area contributed by atoms with E-state index in [1.54, 1.807) is 18.0 Å². The Hall–Kier alpha value is -1.02. The molecule has 13 heavy (non-hydrogen) atoms. The lowest BCUT2D eigenvalue weighted by atomic mass is 10.3. The maximum atomic E-state index is 4.24. The fraction of sp³-hybridized carbons (Fsp3) is 0.182. The smallest absolute Gasteiger partial charge is 0.0707 e. The Morgan fingerprint density at radius 1 is 1.62 bits per heavy atom. The van der Waals surface area contributed by atoms with E-state index in [9.17, 15) is 0 Å². The second kappa shape index (κ2) is 4.87. The Balaban J connectivity index is 3.22. The van der Waals surface area contributed by atoms with Gasteiger partial charge in [0.1, 0.15) is 0 Å². The predicted molar refractivity (Wildman–Crippen MR) is 60.7 cm³/mol. The van der Waals surface area contributed by atoms with Crippen molar-refractivity contribution >= 4 is 24.4 Å². The first kappa shape index (κ1) is 10.1. The van der Waals surface area contributed by atoms with E-state index in [1.807, 2.05) is 25.1 Å². The Morgan fingerprint density at radius 3 is 2.92 bits per heavy atom. The molecule has 0 spiro atoms. The molecule has 0 aliphatic heterocycles. The van der Waals surface area contributed by atoms with Crippen molar-refractivity contribution in [2.24, 2.45) is 0 Å². The van der Waals surface area contributed by atoms with Crippen LogP contribution >= 0.6 is 11.8 Å². The summed E-state index contributed by atoms with van der Waals surface area (Å²) in [7, 11) is 0. The maximum Gasteiger partial charge on any atom is 0.0707 e. The molecule has 0 amide bonds. The summed E-state index contributed by atoms with van der Waals surface area (Å²) < 4.78 is 0. The number of pyridine rings is 1. The molecule has 0 unspecified atom stereocenters. The van der Waals surface area contributed by atoms with Crippen LogP contribution in [0.25, 0.3) is 12.7 Å². The second-order valence-electron chi connectivity index (χ2n) is 2.59. The summed E-state index contributed by atoms with van der Waals surface area (Å²) in [5.41, 5.74) is 0. The van der Waals surface area contributed by atoms with Crippen LogP contribution in [-0.4, -0.2) is 11.2 Å². The molecule has 0 aliphatic carbocycles.